The summed E-state index contributed by atoms with van der Waals surface area (Å²) >= 11 is 0. The smallest absolute Gasteiger partial charge is 0.0642 e. The third-order valence-corrected chi connectivity index (χ3v) is 3.49. The van der Waals surface area contributed by atoms with Crippen molar-refractivity contribution in [3.8, 4) is 11.1 Å². The van der Waals surface area contributed by atoms with Crippen molar-refractivity contribution < 1.29 is 4.74 Å². The van der Waals surface area contributed by atoms with Crippen LogP contribution in [-0.2, 0) is 4.74 Å². The molecule has 2 aromatic rings. The van der Waals surface area contributed by atoms with E-state index >= 15 is 0 Å². The average molecular weight is 254 g/mol. The molecule has 0 bridgehead atoms. The van der Waals surface area contributed by atoms with Crippen LogP contribution >= 0.6 is 0 Å². The van der Waals surface area contributed by atoms with Gasteiger partial charge in [-0.2, -0.15) is 0 Å². The topological polar surface area (TPSA) is 38.5 Å². The molecule has 1 fully saturated rings. The van der Waals surface area contributed by atoms with Crippen LogP contribution in [0.2, 0.25) is 0 Å². The van der Waals surface area contributed by atoms with Crippen molar-refractivity contribution in [2.24, 2.45) is 0 Å². The highest BCUT2D eigenvalue weighted by Gasteiger charge is 2.13. The summed E-state index contributed by atoms with van der Waals surface area (Å²) in [5.74, 6) is 0. The second-order valence-electron chi connectivity index (χ2n) is 4.74. The molecule has 1 aliphatic heterocycles. The molecule has 0 amide bonds. The van der Waals surface area contributed by atoms with E-state index in [0.29, 0.717) is 0 Å². The van der Waals surface area contributed by atoms with Gasteiger partial charge < -0.3 is 15.4 Å². The zero-order valence-electron chi connectivity index (χ0n) is 10.9. The molecule has 0 radical (unpaired) electrons. The van der Waals surface area contributed by atoms with Gasteiger partial charge in [0.25, 0.3) is 0 Å². The van der Waals surface area contributed by atoms with E-state index in [1.165, 1.54) is 5.56 Å². The van der Waals surface area contributed by atoms with Crippen molar-refractivity contribution in [3.05, 3.63) is 48.5 Å². The Labute approximate surface area is 113 Å². The Hall–Kier alpha value is -2.00. The first-order valence-corrected chi connectivity index (χ1v) is 6.62. The van der Waals surface area contributed by atoms with Crippen LogP contribution in [0.4, 0.5) is 11.4 Å². The summed E-state index contributed by atoms with van der Waals surface area (Å²) < 4.78 is 5.37. The summed E-state index contributed by atoms with van der Waals surface area (Å²) in [5, 5.41) is 0. The number of hydrogen-bond acceptors (Lipinski definition) is 3. The van der Waals surface area contributed by atoms with Crippen LogP contribution in [0.25, 0.3) is 11.1 Å². The number of anilines is 2. The molecule has 3 nitrogen and oxygen atoms in total. The Morgan fingerprint density at radius 2 is 1.63 bits per heavy atom. The molecule has 98 valence electrons. The zero-order valence-corrected chi connectivity index (χ0v) is 10.9. The number of ether oxygens (including phenoxy) is 1. The van der Waals surface area contributed by atoms with Crippen molar-refractivity contribution in [2.45, 2.75) is 0 Å². The van der Waals surface area contributed by atoms with Crippen LogP contribution < -0.4 is 10.6 Å². The molecule has 1 saturated heterocycles. The fraction of sp³-hybridized carbons (Fsp3) is 0.250. The molecule has 0 spiro atoms. The van der Waals surface area contributed by atoms with Gasteiger partial charge in [0.05, 0.1) is 24.6 Å². The van der Waals surface area contributed by atoms with Gasteiger partial charge in [0.15, 0.2) is 0 Å². The number of nitrogens with two attached hydrogens (primary N) is 1. The summed E-state index contributed by atoms with van der Waals surface area (Å²) in [6, 6.07) is 16.6. The molecule has 2 N–H and O–H groups in total. The van der Waals surface area contributed by atoms with E-state index in [1.807, 2.05) is 18.2 Å². The number of benzene rings is 2. The minimum Gasteiger partial charge on any atom is -0.397 e. The molecular formula is C16H18N2O. The fourth-order valence-corrected chi connectivity index (χ4v) is 2.46. The average Bonchev–Trinajstić information content (AvgIpc) is 2.49. The van der Waals surface area contributed by atoms with Gasteiger partial charge >= 0.3 is 0 Å². The van der Waals surface area contributed by atoms with Crippen LogP contribution in [0.5, 0.6) is 0 Å². The molecule has 3 rings (SSSR count). The highest BCUT2D eigenvalue weighted by Crippen LogP contribution is 2.29. The van der Waals surface area contributed by atoms with Crippen molar-refractivity contribution in [1.29, 1.82) is 0 Å². The van der Waals surface area contributed by atoms with E-state index in [-0.39, 0.29) is 0 Å². The Balaban J connectivity index is 1.89. The van der Waals surface area contributed by atoms with Crippen LogP contribution in [0, 0.1) is 0 Å². The van der Waals surface area contributed by atoms with Gasteiger partial charge in [-0.05, 0) is 23.3 Å². The molecule has 0 saturated carbocycles. The molecule has 1 heterocycles. The molecular weight excluding hydrogens is 236 g/mol. The minimum atomic E-state index is 0.778. The Bertz CT molecular complexity index is 548. The SMILES string of the molecule is Nc1cc(-c2ccccc2)ccc1N1CCOCC1. The maximum absolute atomic E-state index is 6.21. The number of morpholine rings is 1. The maximum atomic E-state index is 6.21. The highest BCUT2D eigenvalue weighted by molar-refractivity contribution is 5.76. The summed E-state index contributed by atoms with van der Waals surface area (Å²) in [6.45, 7) is 3.38. The van der Waals surface area contributed by atoms with Crippen LogP contribution in [0.1, 0.15) is 0 Å². The molecule has 0 unspecified atom stereocenters. The lowest BCUT2D eigenvalue weighted by Gasteiger charge is -2.30. The fourth-order valence-electron chi connectivity index (χ4n) is 2.46. The van der Waals surface area contributed by atoms with Gasteiger partial charge in [-0.1, -0.05) is 36.4 Å². The van der Waals surface area contributed by atoms with E-state index < -0.39 is 0 Å². The lowest BCUT2D eigenvalue weighted by atomic mass is 10.0. The normalized spacial score (nSPS) is 15.5. The summed E-state index contributed by atoms with van der Waals surface area (Å²) in [6.07, 6.45) is 0. The molecule has 19 heavy (non-hydrogen) atoms. The first-order valence-electron chi connectivity index (χ1n) is 6.62. The van der Waals surface area contributed by atoms with Crippen LogP contribution in [0.3, 0.4) is 0 Å². The van der Waals surface area contributed by atoms with Crippen LogP contribution in [0.15, 0.2) is 48.5 Å². The zero-order chi connectivity index (χ0) is 13.1. The number of rotatable bonds is 2. The largest absolute Gasteiger partial charge is 0.397 e. The Morgan fingerprint density at radius 1 is 0.895 bits per heavy atom. The predicted molar refractivity (Wildman–Crippen MR) is 79.3 cm³/mol. The highest BCUT2D eigenvalue weighted by atomic mass is 16.5. The first-order chi connectivity index (χ1) is 9.34. The lowest BCUT2D eigenvalue weighted by molar-refractivity contribution is 0.123. The van der Waals surface area contributed by atoms with Crippen molar-refractivity contribution >= 4 is 11.4 Å². The lowest BCUT2D eigenvalue weighted by Crippen LogP contribution is -2.36. The van der Waals surface area contributed by atoms with Crippen molar-refractivity contribution in [2.75, 3.05) is 36.9 Å². The molecule has 2 aromatic carbocycles. The monoisotopic (exact) mass is 254 g/mol. The van der Waals surface area contributed by atoms with Crippen molar-refractivity contribution in [1.82, 2.24) is 0 Å². The third-order valence-electron chi connectivity index (χ3n) is 3.49. The first kappa shape index (κ1) is 12.1. The third kappa shape index (κ3) is 2.56. The number of nitrogens with zero attached hydrogens (tertiary/aromatic N) is 1. The predicted octanol–water partition coefficient (Wildman–Crippen LogP) is 2.77. The van der Waals surface area contributed by atoms with E-state index in [0.717, 1.165) is 43.2 Å². The van der Waals surface area contributed by atoms with Gasteiger partial charge in [0.1, 0.15) is 0 Å². The van der Waals surface area contributed by atoms with Crippen molar-refractivity contribution in [3.63, 3.8) is 0 Å². The van der Waals surface area contributed by atoms with Gasteiger partial charge in [-0.15, -0.1) is 0 Å². The number of nitrogen functional groups attached to an aromatic ring is 1. The molecule has 0 aromatic heterocycles. The van der Waals surface area contributed by atoms with E-state index in [4.69, 9.17) is 10.5 Å². The Kier molecular flexibility index (Phi) is 3.38. The van der Waals surface area contributed by atoms with E-state index in [1.54, 1.807) is 0 Å². The molecule has 3 heteroatoms. The van der Waals surface area contributed by atoms with Gasteiger partial charge in [-0.3, -0.25) is 0 Å². The standard InChI is InChI=1S/C16H18N2O/c17-15-12-14(13-4-2-1-3-5-13)6-7-16(15)18-8-10-19-11-9-18/h1-7,12H,8-11,17H2. The maximum Gasteiger partial charge on any atom is 0.0642 e. The van der Waals surface area contributed by atoms with E-state index in [9.17, 15) is 0 Å². The summed E-state index contributed by atoms with van der Waals surface area (Å²) in [7, 11) is 0. The quantitative estimate of drug-likeness (QED) is 0.837. The summed E-state index contributed by atoms with van der Waals surface area (Å²) in [4.78, 5) is 2.29. The van der Waals surface area contributed by atoms with Gasteiger partial charge in [0.2, 0.25) is 0 Å². The van der Waals surface area contributed by atoms with Crippen LogP contribution in [-0.4, -0.2) is 26.3 Å². The molecule has 1 aliphatic rings. The second-order valence-corrected chi connectivity index (χ2v) is 4.74. The van der Waals surface area contributed by atoms with Gasteiger partial charge in [-0.25, -0.2) is 0 Å². The molecule has 0 atom stereocenters. The second kappa shape index (κ2) is 5.33. The van der Waals surface area contributed by atoms with Gasteiger partial charge in [0, 0.05) is 13.1 Å². The minimum absolute atomic E-state index is 0.778. The molecule has 0 aliphatic carbocycles. The Morgan fingerprint density at radius 3 is 2.32 bits per heavy atom. The van der Waals surface area contributed by atoms with E-state index in [2.05, 4.69) is 35.2 Å². The summed E-state index contributed by atoms with van der Waals surface area (Å²) in [5.41, 5.74) is 10.5. The number of hydrogen-bond donors (Lipinski definition) is 1.